The molecule has 0 aliphatic carbocycles. The van der Waals surface area contributed by atoms with Crippen molar-refractivity contribution in [2.24, 2.45) is 0 Å². The first-order valence-corrected chi connectivity index (χ1v) is 14.8. The first-order valence-electron chi connectivity index (χ1n) is 7.62. The van der Waals surface area contributed by atoms with Crippen molar-refractivity contribution in [3.8, 4) is 0 Å². The monoisotopic (exact) mass is 266 g/mol. The molecule has 1 rings (SSSR count). The maximum atomic E-state index is 2.61. The van der Waals surface area contributed by atoms with E-state index in [1.807, 2.05) is 0 Å². The molecule has 1 fully saturated rings. The second-order valence-corrected chi connectivity index (χ2v) is 19.2. The van der Waals surface area contributed by atoms with E-state index >= 15 is 0 Å². The van der Waals surface area contributed by atoms with Crippen molar-refractivity contribution in [1.29, 1.82) is 0 Å². The van der Waals surface area contributed by atoms with Crippen LogP contribution < -0.4 is 0 Å². The first kappa shape index (κ1) is 15.6. The minimum Gasteiger partial charge on any atom is -0.0871 e. The Hall–Kier alpha value is 0.564. The topological polar surface area (TPSA) is 0 Å². The molecule has 0 nitrogen and oxygen atoms in total. The molecule has 0 saturated carbocycles. The van der Waals surface area contributed by atoms with E-state index in [1.54, 1.807) is 6.32 Å². The molecule has 0 bridgehead atoms. The Labute approximate surface area is 113 Å². The zero-order valence-electron chi connectivity index (χ0n) is 13.4. The van der Waals surface area contributed by atoms with Gasteiger partial charge in [-0.05, 0) is 0 Å². The molecule has 0 aromatic carbocycles. The van der Waals surface area contributed by atoms with Crippen molar-refractivity contribution in [1.82, 2.24) is 0 Å². The van der Waals surface area contributed by atoms with Crippen LogP contribution in [0.3, 0.4) is 0 Å². The highest BCUT2D eigenvalue weighted by Crippen LogP contribution is 2.50. The SMILES string of the molecule is CCB1CC([Si](C)(C)C)B(CC)C1[Si](C)(C)C. The summed E-state index contributed by atoms with van der Waals surface area (Å²) in [6, 6.07) is 0. The Morgan fingerprint density at radius 1 is 0.882 bits per heavy atom. The standard InChI is InChI=1S/C13H32B2Si2/c1-9-14-11-12(16(3,4)5)15(10-2)13(14)17(6,7)8/h12-13H,9-11H2,1-8H3. The van der Waals surface area contributed by atoms with Crippen LogP contribution in [0.15, 0.2) is 0 Å². The van der Waals surface area contributed by atoms with Gasteiger partial charge in [0.15, 0.2) is 0 Å². The van der Waals surface area contributed by atoms with Gasteiger partial charge in [-0.25, -0.2) is 0 Å². The van der Waals surface area contributed by atoms with Crippen LogP contribution in [-0.2, 0) is 0 Å². The van der Waals surface area contributed by atoms with E-state index < -0.39 is 16.1 Å². The van der Waals surface area contributed by atoms with Gasteiger partial charge in [0, 0.05) is 16.1 Å². The second kappa shape index (κ2) is 5.28. The molecule has 1 heterocycles. The van der Waals surface area contributed by atoms with Gasteiger partial charge in [0.2, 0.25) is 0 Å². The second-order valence-electron chi connectivity index (χ2n) is 8.34. The van der Waals surface area contributed by atoms with E-state index in [2.05, 4.69) is 53.1 Å². The lowest BCUT2D eigenvalue weighted by atomic mass is 9.34. The molecular formula is C13H32B2Si2. The molecule has 0 spiro atoms. The van der Waals surface area contributed by atoms with E-state index in [0.29, 0.717) is 0 Å². The summed E-state index contributed by atoms with van der Waals surface area (Å²) in [4.78, 5) is 0. The van der Waals surface area contributed by atoms with Crippen LogP contribution in [0.2, 0.25) is 69.0 Å². The van der Waals surface area contributed by atoms with Crippen LogP contribution in [0.4, 0.5) is 0 Å². The zero-order valence-corrected chi connectivity index (χ0v) is 15.4. The maximum absolute atomic E-state index is 2.61. The van der Waals surface area contributed by atoms with Gasteiger partial charge in [-0.3, -0.25) is 0 Å². The molecule has 0 N–H and O–H groups in total. The van der Waals surface area contributed by atoms with Gasteiger partial charge < -0.3 is 0 Å². The van der Waals surface area contributed by atoms with Crippen LogP contribution in [0, 0.1) is 0 Å². The van der Waals surface area contributed by atoms with Crippen LogP contribution >= 0.6 is 0 Å². The summed E-state index contributed by atoms with van der Waals surface area (Å²) in [6.07, 6.45) is 4.41. The molecule has 0 radical (unpaired) electrons. The van der Waals surface area contributed by atoms with Gasteiger partial charge in [0.25, 0.3) is 0 Å². The largest absolute Gasteiger partial charge is 0.132 e. The predicted molar refractivity (Wildman–Crippen MR) is 91.5 cm³/mol. The van der Waals surface area contributed by atoms with Crippen LogP contribution in [0.5, 0.6) is 0 Å². The maximum Gasteiger partial charge on any atom is 0.132 e. The Balaban J connectivity index is 3.03. The molecule has 98 valence electrons. The molecule has 2 unspecified atom stereocenters. The summed E-state index contributed by atoms with van der Waals surface area (Å²) in [7, 11) is -1.96. The predicted octanol–water partition coefficient (Wildman–Crippen LogP) is 5.06. The fourth-order valence-electron chi connectivity index (χ4n) is 4.55. The summed E-state index contributed by atoms with van der Waals surface area (Å²) < 4.78 is 0. The Morgan fingerprint density at radius 2 is 1.41 bits per heavy atom. The molecule has 1 aliphatic heterocycles. The molecule has 2 atom stereocenters. The van der Waals surface area contributed by atoms with Crippen LogP contribution in [0.25, 0.3) is 0 Å². The highest BCUT2D eigenvalue weighted by Gasteiger charge is 2.53. The lowest BCUT2D eigenvalue weighted by Crippen LogP contribution is -2.45. The third-order valence-electron chi connectivity index (χ3n) is 5.15. The van der Waals surface area contributed by atoms with Crippen molar-refractivity contribution < 1.29 is 0 Å². The molecule has 4 heteroatoms. The number of rotatable bonds is 4. The van der Waals surface area contributed by atoms with E-state index in [1.165, 1.54) is 12.6 Å². The van der Waals surface area contributed by atoms with Crippen LogP contribution in [-0.4, -0.2) is 29.6 Å². The summed E-state index contributed by atoms with van der Waals surface area (Å²) in [5.74, 6) is 0. The van der Waals surface area contributed by atoms with Gasteiger partial charge in [0.1, 0.15) is 13.4 Å². The van der Waals surface area contributed by atoms with Gasteiger partial charge in [-0.1, -0.05) is 82.9 Å². The van der Waals surface area contributed by atoms with Crippen molar-refractivity contribution in [2.75, 3.05) is 0 Å². The first-order chi connectivity index (χ1) is 7.62. The van der Waals surface area contributed by atoms with Crippen LogP contribution in [0.1, 0.15) is 13.8 Å². The molecule has 17 heavy (non-hydrogen) atoms. The smallest absolute Gasteiger partial charge is 0.0871 e. The summed E-state index contributed by atoms with van der Waals surface area (Å²) in [5, 5.41) is 1.09. The molecule has 0 amide bonds. The highest BCUT2D eigenvalue weighted by atomic mass is 28.3. The van der Waals surface area contributed by atoms with E-state index in [9.17, 15) is 0 Å². The fourth-order valence-corrected chi connectivity index (χ4v) is 11.0. The Morgan fingerprint density at radius 3 is 1.71 bits per heavy atom. The van der Waals surface area contributed by atoms with E-state index in [4.69, 9.17) is 0 Å². The number of hydrogen-bond acceptors (Lipinski definition) is 0. The number of hydrogen-bond donors (Lipinski definition) is 0. The van der Waals surface area contributed by atoms with Crippen molar-refractivity contribution in [2.45, 2.75) is 82.9 Å². The van der Waals surface area contributed by atoms with Gasteiger partial charge >= 0.3 is 0 Å². The van der Waals surface area contributed by atoms with Gasteiger partial charge in [-0.2, -0.15) is 0 Å². The summed E-state index contributed by atoms with van der Waals surface area (Å²) in [5.41, 5.74) is 1.09. The minimum atomic E-state index is -0.991. The highest BCUT2D eigenvalue weighted by molar-refractivity contribution is 7.10. The molecule has 1 aliphatic rings. The normalized spacial score (nSPS) is 26.8. The molecule has 0 aromatic rings. The molecular weight excluding hydrogens is 234 g/mol. The third-order valence-corrected chi connectivity index (χ3v) is 10.9. The summed E-state index contributed by atoms with van der Waals surface area (Å²) >= 11 is 0. The lowest BCUT2D eigenvalue weighted by Gasteiger charge is -2.36. The average Bonchev–Trinajstić information content (AvgIpc) is 2.54. The molecule has 1 saturated heterocycles. The van der Waals surface area contributed by atoms with Crippen molar-refractivity contribution in [3.63, 3.8) is 0 Å². The third kappa shape index (κ3) is 3.31. The van der Waals surface area contributed by atoms with Crippen molar-refractivity contribution in [3.05, 3.63) is 0 Å². The van der Waals surface area contributed by atoms with Gasteiger partial charge in [-0.15, -0.1) is 0 Å². The fraction of sp³-hybridized carbons (Fsp3) is 1.00. The van der Waals surface area contributed by atoms with Gasteiger partial charge in [0.05, 0.1) is 0 Å². The van der Waals surface area contributed by atoms with E-state index in [-0.39, 0.29) is 0 Å². The molecule has 0 aromatic heterocycles. The van der Waals surface area contributed by atoms with E-state index in [0.717, 1.165) is 24.2 Å². The lowest BCUT2D eigenvalue weighted by molar-refractivity contribution is 1.17. The Kier molecular flexibility index (Phi) is 4.85. The average molecular weight is 266 g/mol. The van der Waals surface area contributed by atoms with Crippen molar-refractivity contribution >= 4 is 29.6 Å². The minimum absolute atomic E-state index is 0.965. The zero-order chi connectivity index (χ0) is 13.4. The quantitative estimate of drug-likeness (QED) is 0.623. The summed E-state index contributed by atoms with van der Waals surface area (Å²) in [6.45, 7) is 22.6. The Bertz CT molecular complexity index is 255.